The Labute approximate surface area is 198 Å². The van der Waals surface area contributed by atoms with E-state index in [4.69, 9.17) is 5.11 Å². The summed E-state index contributed by atoms with van der Waals surface area (Å²) in [7, 11) is 1.94. The molecule has 2 rings (SSSR count). The molecule has 0 amide bonds. The molecular weight excluding hydrogens is 352 g/mol. The van der Waals surface area contributed by atoms with E-state index in [1.165, 1.54) is 0 Å². The van der Waals surface area contributed by atoms with Crippen LogP contribution < -0.4 is 0 Å². The molecule has 1 aromatic heterocycles. The van der Waals surface area contributed by atoms with E-state index in [0.717, 1.165) is 47.8 Å². The monoisotopic (exact) mass is 379 g/mol. The Morgan fingerprint density at radius 3 is 2.27 bits per heavy atom. The molecule has 0 fully saturated rings. The van der Waals surface area contributed by atoms with Gasteiger partial charge >= 0.3 is 71.1 Å². The number of benzene rings is 1. The third-order valence-electron chi connectivity index (χ3n) is 4.62. The van der Waals surface area contributed by atoms with Crippen molar-refractivity contribution in [3.63, 3.8) is 0 Å². The topological polar surface area (TPSA) is 79.5 Å². The molecule has 0 bridgehead atoms. The van der Waals surface area contributed by atoms with Crippen molar-refractivity contribution >= 4 is 82.0 Å². The molecule has 26 heavy (non-hydrogen) atoms. The number of hydrogen-bond donors (Lipinski definition) is 2. The predicted molar refractivity (Wildman–Crippen MR) is 108 cm³/mol. The van der Waals surface area contributed by atoms with E-state index in [0.29, 0.717) is 17.5 Å². The molecule has 0 aliphatic carbocycles. The van der Waals surface area contributed by atoms with E-state index < -0.39 is 11.9 Å². The second kappa shape index (κ2) is 11.5. The molecule has 1 aromatic carbocycles. The number of rotatable bonds is 8. The quantitative estimate of drug-likeness (QED) is 0.546. The van der Waals surface area contributed by atoms with Crippen molar-refractivity contribution in [3.8, 4) is 0 Å². The Hall–Kier alpha value is -0.300. The van der Waals surface area contributed by atoms with Crippen LogP contribution in [0.3, 0.4) is 0 Å². The number of carbonyl (C=O) groups is 2. The summed E-state index contributed by atoms with van der Waals surface area (Å²) in [5.41, 5.74) is 4.04. The van der Waals surface area contributed by atoms with E-state index in [9.17, 15) is 14.7 Å². The molecule has 0 aliphatic heterocycles. The molecular formula is C19H27NNa2O4. The molecule has 5 nitrogen and oxygen atoms in total. The van der Waals surface area contributed by atoms with E-state index >= 15 is 0 Å². The number of aryl methyl sites for hydroxylation is 3. The number of aromatic carboxylic acids is 1. The van der Waals surface area contributed by atoms with E-state index in [-0.39, 0.29) is 65.5 Å². The molecule has 1 heterocycles. The SMILES string of the molecule is CCCCCc1c(CCC(=O)O)c2cc(C)c(C(=O)O)cc2n1C.[NaH].[NaH]. The van der Waals surface area contributed by atoms with Gasteiger partial charge in [-0.1, -0.05) is 19.8 Å². The molecule has 2 aromatic rings. The first-order chi connectivity index (χ1) is 11.4. The maximum absolute atomic E-state index is 11.4. The molecule has 0 unspecified atom stereocenters. The zero-order chi connectivity index (χ0) is 17.9. The van der Waals surface area contributed by atoms with Gasteiger partial charge in [-0.25, -0.2) is 4.79 Å². The number of aromatic nitrogens is 1. The van der Waals surface area contributed by atoms with Crippen molar-refractivity contribution in [2.45, 2.75) is 52.4 Å². The van der Waals surface area contributed by atoms with Gasteiger partial charge in [0.05, 0.1) is 5.56 Å². The van der Waals surface area contributed by atoms with Crippen molar-refractivity contribution in [1.29, 1.82) is 0 Å². The molecule has 0 saturated heterocycles. The first-order valence-corrected chi connectivity index (χ1v) is 8.42. The Morgan fingerprint density at radius 2 is 1.73 bits per heavy atom. The minimum absolute atomic E-state index is 0. The van der Waals surface area contributed by atoms with Crippen LogP contribution >= 0.6 is 0 Å². The van der Waals surface area contributed by atoms with Crippen LogP contribution in [-0.2, 0) is 24.7 Å². The van der Waals surface area contributed by atoms with Crippen LogP contribution in [0, 0.1) is 6.92 Å². The van der Waals surface area contributed by atoms with Gasteiger partial charge in [0.2, 0.25) is 0 Å². The number of nitrogens with zero attached hydrogens (tertiary/aromatic N) is 1. The van der Waals surface area contributed by atoms with Gasteiger partial charge in [-0.3, -0.25) is 4.79 Å². The third kappa shape index (κ3) is 5.85. The third-order valence-corrected chi connectivity index (χ3v) is 4.62. The summed E-state index contributed by atoms with van der Waals surface area (Å²) in [6, 6.07) is 3.60. The fourth-order valence-electron chi connectivity index (χ4n) is 3.32. The van der Waals surface area contributed by atoms with Crippen molar-refractivity contribution in [1.82, 2.24) is 4.57 Å². The van der Waals surface area contributed by atoms with Crippen LogP contribution in [-0.4, -0.2) is 85.8 Å². The molecule has 0 atom stereocenters. The average Bonchev–Trinajstić information content (AvgIpc) is 2.76. The second-order valence-corrected chi connectivity index (χ2v) is 6.32. The van der Waals surface area contributed by atoms with Gasteiger partial charge in [0.15, 0.2) is 0 Å². The van der Waals surface area contributed by atoms with Gasteiger partial charge in [-0.15, -0.1) is 0 Å². The van der Waals surface area contributed by atoms with Crippen molar-refractivity contribution in [2.24, 2.45) is 7.05 Å². The fraction of sp³-hybridized carbons (Fsp3) is 0.474. The van der Waals surface area contributed by atoms with Crippen LogP contribution in [0.1, 0.15) is 59.8 Å². The number of carboxylic acid groups (broad SMARTS) is 2. The number of hydrogen-bond acceptors (Lipinski definition) is 2. The van der Waals surface area contributed by atoms with Gasteiger partial charge in [0.1, 0.15) is 0 Å². The Balaban J connectivity index is 0.00000312. The Kier molecular flexibility index (Phi) is 11.4. The Bertz CT molecular complexity index is 784. The first-order valence-electron chi connectivity index (χ1n) is 8.42. The zero-order valence-electron chi connectivity index (χ0n) is 14.6. The van der Waals surface area contributed by atoms with Gasteiger partial charge < -0.3 is 14.8 Å². The van der Waals surface area contributed by atoms with Crippen molar-refractivity contribution in [3.05, 3.63) is 34.5 Å². The number of carboxylic acids is 2. The molecule has 2 N–H and O–H groups in total. The summed E-state index contributed by atoms with van der Waals surface area (Å²) < 4.78 is 2.04. The Morgan fingerprint density at radius 1 is 1.08 bits per heavy atom. The number of unbranched alkanes of at least 4 members (excludes halogenated alkanes) is 2. The summed E-state index contributed by atoms with van der Waals surface area (Å²) in [5, 5.41) is 19.4. The standard InChI is InChI=1S/C19H25NO4.2Na.2H/c1-4-5-6-7-16-13(8-9-18(21)22)15-10-12(2)14(19(23)24)11-17(15)20(16)3;;;;/h10-11H,4-9H2,1-3H3,(H,21,22)(H,23,24);;;;. The van der Waals surface area contributed by atoms with Crippen LogP contribution in [0.4, 0.5) is 0 Å². The van der Waals surface area contributed by atoms with E-state index in [2.05, 4.69) is 6.92 Å². The fourth-order valence-corrected chi connectivity index (χ4v) is 3.32. The van der Waals surface area contributed by atoms with E-state index in [1.807, 2.05) is 17.7 Å². The molecule has 0 radical (unpaired) electrons. The summed E-state index contributed by atoms with van der Waals surface area (Å²) >= 11 is 0. The van der Waals surface area contributed by atoms with Crippen LogP contribution in [0.2, 0.25) is 0 Å². The van der Waals surface area contributed by atoms with Crippen molar-refractivity contribution < 1.29 is 19.8 Å². The maximum atomic E-state index is 11.4. The van der Waals surface area contributed by atoms with Crippen LogP contribution in [0.15, 0.2) is 12.1 Å². The summed E-state index contributed by atoms with van der Waals surface area (Å²) in [6.07, 6.45) is 4.73. The zero-order valence-corrected chi connectivity index (χ0v) is 14.6. The normalized spacial score (nSPS) is 10.3. The predicted octanol–water partition coefficient (Wildman–Crippen LogP) is 2.64. The molecule has 7 heteroatoms. The van der Waals surface area contributed by atoms with Gasteiger partial charge in [-0.05, 0) is 49.4 Å². The summed E-state index contributed by atoms with van der Waals surface area (Å²) in [5.74, 6) is -1.75. The average molecular weight is 379 g/mol. The molecule has 134 valence electrons. The van der Waals surface area contributed by atoms with Gasteiger partial charge in [-0.2, -0.15) is 0 Å². The summed E-state index contributed by atoms with van der Waals surface area (Å²) in [4.78, 5) is 22.4. The van der Waals surface area contributed by atoms with Crippen LogP contribution in [0.25, 0.3) is 10.9 Å². The van der Waals surface area contributed by atoms with Crippen molar-refractivity contribution in [2.75, 3.05) is 0 Å². The van der Waals surface area contributed by atoms with Gasteiger partial charge in [0, 0.05) is 30.1 Å². The molecule has 0 aliphatic rings. The number of aliphatic carboxylic acids is 1. The molecule has 0 saturated carbocycles. The first kappa shape index (κ1) is 25.7. The second-order valence-electron chi connectivity index (χ2n) is 6.32. The van der Waals surface area contributed by atoms with E-state index in [1.54, 1.807) is 13.0 Å². The number of fused-ring (bicyclic) bond motifs is 1. The van der Waals surface area contributed by atoms with Gasteiger partial charge in [0.25, 0.3) is 0 Å². The van der Waals surface area contributed by atoms with Crippen LogP contribution in [0.5, 0.6) is 0 Å². The molecule has 0 spiro atoms. The minimum atomic E-state index is -0.935. The summed E-state index contributed by atoms with van der Waals surface area (Å²) in [6.45, 7) is 3.93.